The summed E-state index contributed by atoms with van der Waals surface area (Å²) in [5.74, 6) is -11.1. The topological polar surface area (TPSA) is 245 Å². The number of hydrazine groups is 1. The summed E-state index contributed by atoms with van der Waals surface area (Å²) in [7, 11) is 0. The summed E-state index contributed by atoms with van der Waals surface area (Å²) in [6.45, 7) is -0.396. The van der Waals surface area contributed by atoms with Gasteiger partial charge < -0.3 is 26.2 Å². The van der Waals surface area contributed by atoms with Crippen LogP contribution in [0.25, 0.3) is 5.76 Å². The summed E-state index contributed by atoms with van der Waals surface area (Å²) >= 11 is 0. The van der Waals surface area contributed by atoms with Gasteiger partial charge in [0, 0.05) is 17.9 Å². The lowest BCUT2D eigenvalue weighted by molar-refractivity contribution is -0.147. The van der Waals surface area contributed by atoms with Crippen molar-refractivity contribution in [1.82, 2.24) is 9.91 Å². The van der Waals surface area contributed by atoms with Gasteiger partial charge in [-0.15, -0.1) is 0 Å². The van der Waals surface area contributed by atoms with Crippen molar-refractivity contribution in [3.8, 4) is 5.75 Å². The molecule has 0 spiro atoms. The maximum atomic E-state index is 14.1. The highest BCUT2D eigenvalue weighted by molar-refractivity contribution is 6.24. The van der Waals surface area contributed by atoms with Gasteiger partial charge in [0.2, 0.25) is 5.78 Å². The number of phenols is 1. The molecule has 7 N–H and O–H groups in total. The van der Waals surface area contributed by atoms with Crippen LogP contribution in [-0.4, -0.2) is 77.0 Å². The molecule has 0 aromatic heterocycles. The summed E-state index contributed by atoms with van der Waals surface area (Å²) in [5, 5.41) is 46.6. The molecule has 3 aliphatic carbocycles. The third-order valence-corrected chi connectivity index (χ3v) is 10.4. The lowest BCUT2D eigenvalue weighted by Gasteiger charge is -2.46. The first-order chi connectivity index (χ1) is 24.2. The molecule has 3 unspecified atom stereocenters. The van der Waals surface area contributed by atoms with E-state index in [2.05, 4.69) is 5.43 Å². The number of rotatable bonds is 5. The molecule has 0 saturated heterocycles. The van der Waals surface area contributed by atoms with Crippen molar-refractivity contribution >= 4 is 52.5 Å². The molecule has 8 rings (SSSR count). The van der Waals surface area contributed by atoms with E-state index in [1.165, 1.54) is 30.3 Å². The first kappa shape index (κ1) is 31.6. The molecule has 1 fully saturated rings. The molecule has 256 valence electrons. The number of amides is 5. The zero-order valence-corrected chi connectivity index (χ0v) is 26.3. The van der Waals surface area contributed by atoms with Gasteiger partial charge >= 0.3 is 0 Å². The van der Waals surface area contributed by atoms with Crippen LogP contribution < -0.4 is 11.2 Å². The Morgan fingerprint density at radius 1 is 0.843 bits per heavy atom. The van der Waals surface area contributed by atoms with Crippen LogP contribution in [0.1, 0.15) is 71.0 Å². The fraction of sp³-hybridized carbons (Fsp3) is 0.194. The maximum absolute atomic E-state index is 14.1. The average molecular weight is 691 g/mol. The molecule has 3 atom stereocenters. The van der Waals surface area contributed by atoms with Gasteiger partial charge in [-0.1, -0.05) is 24.3 Å². The average Bonchev–Trinajstić information content (AvgIpc) is 3.48. The van der Waals surface area contributed by atoms with Crippen LogP contribution in [0.2, 0.25) is 0 Å². The van der Waals surface area contributed by atoms with E-state index in [1.807, 2.05) is 0 Å². The second kappa shape index (κ2) is 10.7. The van der Waals surface area contributed by atoms with E-state index in [9.17, 15) is 54.0 Å². The first-order valence-electron chi connectivity index (χ1n) is 15.8. The Morgan fingerprint density at radius 3 is 1.94 bits per heavy atom. The van der Waals surface area contributed by atoms with E-state index < -0.39 is 99.9 Å². The number of hydrogen-bond donors (Lipinski definition) is 6. The van der Waals surface area contributed by atoms with E-state index in [0.717, 1.165) is 4.90 Å². The molecule has 2 heterocycles. The van der Waals surface area contributed by atoms with Crippen LogP contribution in [0.15, 0.2) is 71.5 Å². The number of carbonyl (C=O) groups excluding carboxylic acids is 7. The Morgan fingerprint density at radius 2 is 1.39 bits per heavy atom. The minimum Gasteiger partial charge on any atom is -0.508 e. The van der Waals surface area contributed by atoms with Crippen LogP contribution in [0.4, 0.5) is 5.69 Å². The number of nitrogens with zero attached hydrogens (tertiary/aromatic N) is 2. The minimum atomic E-state index is -2.80. The standard InChI is InChI=1S/C36H26N4O11/c37-31(46)26-23(41)12-16-9-14-10-21-15(13-39-32(47)17-5-1-2-6-18(17)33(39)48)11-22(38-40-34(49)19-7-3-4-8-20(19)35(40)50)27(42)25(21)28(43)24(14)29(44)36(16,51)30(26)45/h1-8,11,14,16,38,42-43,45,51H,9-10,12-13H2,(H2,37,46). The summed E-state index contributed by atoms with van der Waals surface area (Å²) in [6, 6.07) is 13.5. The number of aliphatic hydroxyl groups is 3. The van der Waals surface area contributed by atoms with Gasteiger partial charge in [-0.25, -0.2) is 0 Å². The number of fused-ring (bicyclic) bond motifs is 5. The Balaban J connectivity index is 1.28. The van der Waals surface area contributed by atoms with Crippen molar-refractivity contribution in [3.05, 3.63) is 110 Å². The van der Waals surface area contributed by atoms with Crippen molar-refractivity contribution in [1.29, 1.82) is 0 Å². The van der Waals surface area contributed by atoms with E-state index in [1.54, 1.807) is 24.3 Å². The fourth-order valence-electron chi connectivity index (χ4n) is 7.96. The van der Waals surface area contributed by atoms with E-state index in [-0.39, 0.29) is 57.5 Å². The van der Waals surface area contributed by atoms with Crippen molar-refractivity contribution < 1.29 is 54.0 Å². The monoisotopic (exact) mass is 690 g/mol. The fourth-order valence-corrected chi connectivity index (χ4v) is 7.96. The quantitative estimate of drug-likeness (QED) is 0.128. The Bertz CT molecular complexity index is 2250. The van der Waals surface area contributed by atoms with Gasteiger partial charge in [-0.05, 0) is 60.2 Å². The molecule has 3 aromatic rings. The van der Waals surface area contributed by atoms with Gasteiger partial charge in [0.05, 0.1) is 40.0 Å². The Hall–Kier alpha value is -6.61. The van der Waals surface area contributed by atoms with E-state index in [0.29, 0.717) is 5.01 Å². The number of nitrogens with one attached hydrogen (secondary N) is 1. The molecular formula is C36H26N4O11. The van der Waals surface area contributed by atoms with Crippen molar-refractivity contribution in [2.24, 2.45) is 17.6 Å². The molecular weight excluding hydrogens is 664 g/mol. The molecule has 15 heteroatoms. The molecule has 2 aliphatic heterocycles. The maximum Gasteiger partial charge on any atom is 0.280 e. The predicted molar refractivity (Wildman–Crippen MR) is 173 cm³/mol. The van der Waals surface area contributed by atoms with Crippen molar-refractivity contribution in [2.45, 2.75) is 31.4 Å². The van der Waals surface area contributed by atoms with Gasteiger partial charge in [0.1, 0.15) is 17.1 Å². The van der Waals surface area contributed by atoms with Gasteiger partial charge in [-0.2, -0.15) is 5.01 Å². The molecule has 15 nitrogen and oxygen atoms in total. The van der Waals surface area contributed by atoms with Gasteiger partial charge in [-0.3, -0.25) is 43.9 Å². The Labute approximate surface area is 286 Å². The highest BCUT2D eigenvalue weighted by Crippen LogP contribution is 2.53. The number of aromatic hydroxyl groups is 1. The molecule has 51 heavy (non-hydrogen) atoms. The number of anilines is 1. The van der Waals surface area contributed by atoms with Crippen LogP contribution in [0.5, 0.6) is 5.75 Å². The second-order valence-electron chi connectivity index (χ2n) is 13.0. The number of ketones is 2. The largest absolute Gasteiger partial charge is 0.508 e. The van der Waals surface area contributed by atoms with E-state index in [4.69, 9.17) is 5.73 Å². The number of imide groups is 2. The first-order valence-corrected chi connectivity index (χ1v) is 15.8. The number of primary amides is 1. The SMILES string of the molecule is NC(=O)C1=C(O)C2(O)C(=O)C3=C(O)c4c(O)c(NN5C(=O)c6ccccc6C5=O)cc(CN5C(=O)c6ccccc6C5=O)c4CC3CC2CC1=O. The number of carbonyl (C=O) groups is 7. The van der Waals surface area contributed by atoms with Crippen molar-refractivity contribution in [3.63, 3.8) is 0 Å². The molecule has 1 saturated carbocycles. The predicted octanol–water partition coefficient (Wildman–Crippen LogP) is 1.84. The smallest absolute Gasteiger partial charge is 0.280 e. The normalized spacial score (nSPS) is 23.7. The summed E-state index contributed by atoms with van der Waals surface area (Å²) in [5.41, 5.74) is 3.88. The van der Waals surface area contributed by atoms with Crippen molar-refractivity contribution in [2.75, 3.05) is 5.43 Å². The number of hydrogen-bond acceptors (Lipinski definition) is 12. The zero-order valence-electron chi connectivity index (χ0n) is 26.3. The number of aliphatic hydroxyl groups excluding tert-OH is 2. The van der Waals surface area contributed by atoms with Gasteiger partial charge in [0.15, 0.2) is 17.1 Å². The number of nitrogens with two attached hydrogens (primary N) is 1. The summed E-state index contributed by atoms with van der Waals surface area (Å²) in [6.07, 6.45) is -0.781. The zero-order chi connectivity index (χ0) is 36.3. The lowest BCUT2D eigenvalue weighted by atomic mass is 9.59. The Kier molecular flexibility index (Phi) is 6.63. The second-order valence-corrected chi connectivity index (χ2v) is 13.0. The molecule has 0 radical (unpaired) electrons. The van der Waals surface area contributed by atoms with E-state index >= 15 is 0 Å². The third kappa shape index (κ3) is 4.18. The highest BCUT2D eigenvalue weighted by atomic mass is 16.3. The van der Waals surface area contributed by atoms with Gasteiger partial charge in [0.25, 0.3) is 29.5 Å². The summed E-state index contributed by atoms with van der Waals surface area (Å²) in [4.78, 5) is 93.0. The molecule has 3 aromatic carbocycles. The van der Waals surface area contributed by atoms with Crippen LogP contribution in [-0.2, 0) is 27.3 Å². The third-order valence-electron chi connectivity index (χ3n) is 10.4. The molecule has 5 amide bonds. The highest BCUT2D eigenvalue weighted by Gasteiger charge is 2.60. The number of phenolic OH excluding ortho intramolecular Hbond substituents is 1. The molecule has 0 bridgehead atoms. The van der Waals surface area contributed by atoms with Crippen LogP contribution in [0, 0.1) is 11.8 Å². The summed E-state index contributed by atoms with van der Waals surface area (Å²) < 4.78 is 0. The van der Waals surface area contributed by atoms with Crippen LogP contribution in [0.3, 0.4) is 0 Å². The minimum absolute atomic E-state index is 0.0799. The number of benzene rings is 3. The molecule has 5 aliphatic rings. The lowest BCUT2D eigenvalue weighted by Crippen LogP contribution is -2.58. The van der Waals surface area contributed by atoms with Crippen LogP contribution >= 0.6 is 0 Å². The number of Topliss-reactive ketones (excluding diaryl/α,β-unsaturated/α-hetero) is 2.